The van der Waals surface area contributed by atoms with Gasteiger partial charge in [-0.15, -0.1) is 0 Å². The van der Waals surface area contributed by atoms with Gasteiger partial charge in [0, 0.05) is 17.0 Å². The maximum Gasteiger partial charge on any atom is 0.0737 e. The van der Waals surface area contributed by atoms with Gasteiger partial charge in [-0.3, -0.25) is 4.98 Å². The van der Waals surface area contributed by atoms with E-state index in [1.807, 2.05) is 6.20 Å². The fourth-order valence-electron chi connectivity index (χ4n) is 2.33. The van der Waals surface area contributed by atoms with Gasteiger partial charge in [0.05, 0.1) is 5.52 Å². The van der Waals surface area contributed by atoms with Gasteiger partial charge >= 0.3 is 0 Å². The quantitative estimate of drug-likeness (QED) is 0.508. The van der Waals surface area contributed by atoms with Crippen LogP contribution in [-0.2, 0) is 0 Å². The lowest BCUT2D eigenvalue weighted by Gasteiger charge is -2.06. The van der Waals surface area contributed by atoms with E-state index in [1.54, 1.807) is 0 Å². The molecule has 0 saturated carbocycles. The van der Waals surface area contributed by atoms with Crippen LogP contribution in [0.3, 0.4) is 0 Å². The van der Waals surface area contributed by atoms with Crippen molar-refractivity contribution in [1.29, 1.82) is 0 Å². The third-order valence-electron chi connectivity index (χ3n) is 3.03. The van der Waals surface area contributed by atoms with E-state index >= 15 is 0 Å². The molecule has 0 unspecified atom stereocenters. The Kier molecular flexibility index (Phi) is 1.93. The lowest BCUT2D eigenvalue weighted by atomic mass is 10.0. The van der Waals surface area contributed by atoms with Crippen LogP contribution in [0.25, 0.3) is 21.7 Å². The summed E-state index contributed by atoms with van der Waals surface area (Å²) in [5.41, 5.74) is 3.66. The number of rotatable bonds is 0. The van der Waals surface area contributed by atoms with Gasteiger partial charge in [0.2, 0.25) is 0 Å². The van der Waals surface area contributed by atoms with E-state index in [1.165, 1.54) is 27.3 Å². The summed E-state index contributed by atoms with van der Waals surface area (Å²) >= 11 is 0. The second-order valence-electron chi connectivity index (χ2n) is 4.32. The Morgan fingerprint density at radius 2 is 1.75 bits per heavy atom. The van der Waals surface area contributed by atoms with Crippen LogP contribution in [0.1, 0.15) is 11.1 Å². The van der Waals surface area contributed by atoms with E-state index in [4.69, 9.17) is 0 Å². The van der Waals surface area contributed by atoms with Gasteiger partial charge in [-0.2, -0.15) is 0 Å². The van der Waals surface area contributed by atoms with E-state index in [0.29, 0.717) is 0 Å². The van der Waals surface area contributed by atoms with Crippen LogP contribution in [0.5, 0.6) is 0 Å². The van der Waals surface area contributed by atoms with Crippen LogP contribution in [0.4, 0.5) is 0 Å². The Hall–Kier alpha value is -1.89. The molecule has 0 bridgehead atoms. The zero-order chi connectivity index (χ0) is 11.1. The van der Waals surface area contributed by atoms with Crippen molar-refractivity contribution in [2.45, 2.75) is 13.8 Å². The molecule has 1 nitrogen and oxygen atoms in total. The molecule has 0 aliphatic carbocycles. The van der Waals surface area contributed by atoms with Gasteiger partial charge in [0.25, 0.3) is 0 Å². The number of hydrogen-bond donors (Lipinski definition) is 0. The topological polar surface area (TPSA) is 12.9 Å². The molecule has 0 atom stereocenters. The summed E-state index contributed by atoms with van der Waals surface area (Å²) in [5.74, 6) is 0. The van der Waals surface area contributed by atoms with Crippen molar-refractivity contribution in [3.05, 3.63) is 53.7 Å². The minimum atomic E-state index is 1.12. The summed E-state index contributed by atoms with van der Waals surface area (Å²) in [4.78, 5) is 4.55. The smallest absolute Gasteiger partial charge is 0.0737 e. The molecule has 3 aromatic rings. The van der Waals surface area contributed by atoms with Gasteiger partial charge in [-0.05, 0) is 30.9 Å². The highest BCUT2D eigenvalue weighted by atomic mass is 14.7. The molecular weight excluding hydrogens is 194 g/mol. The molecule has 0 saturated heterocycles. The molecule has 0 fully saturated rings. The monoisotopic (exact) mass is 207 g/mol. The van der Waals surface area contributed by atoms with Crippen LogP contribution in [-0.4, -0.2) is 4.98 Å². The maximum absolute atomic E-state index is 4.55. The Balaban J connectivity index is 2.59. The lowest BCUT2D eigenvalue weighted by molar-refractivity contribution is 1.36. The normalized spacial score (nSPS) is 11.1. The van der Waals surface area contributed by atoms with Gasteiger partial charge in [0.15, 0.2) is 0 Å². The molecule has 16 heavy (non-hydrogen) atoms. The van der Waals surface area contributed by atoms with Crippen molar-refractivity contribution < 1.29 is 0 Å². The van der Waals surface area contributed by atoms with E-state index in [-0.39, 0.29) is 0 Å². The standard InChI is InChI=1S/C15H13N/c1-10-7-11(2)15-14(8-10)13-6-4-3-5-12(13)9-16-15/h3-9H,1-2H3. The predicted octanol–water partition coefficient (Wildman–Crippen LogP) is 4.00. The molecule has 0 radical (unpaired) electrons. The first-order valence-corrected chi connectivity index (χ1v) is 5.50. The van der Waals surface area contributed by atoms with Crippen molar-refractivity contribution in [1.82, 2.24) is 4.98 Å². The molecule has 2 aromatic carbocycles. The molecule has 1 heteroatoms. The lowest BCUT2D eigenvalue weighted by Crippen LogP contribution is -1.87. The average Bonchev–Trinajstić information content (AvgIpc) is 2.28. The van der Waals surface area contributed by atoms with E-state index in [0.717, 1.165) is 5.52 Å². The first-order chi connectivity index (χ1) is 7.75. The first kappa shape index (κ1) is 9.34. The van der Waals surface area contributed by atoms with Crippen LogP contribution in [0.15, 0.2) is 42.6 Å². The van der Waals surface area contributed by atoms with Gasteiger partial charge < -0.3 is 0 Å². The van der Waals surface area contributed by atoms with Crippen molar-refractivity contribution in [3.63, 3.8) is 0 Å². The Morgan fingerprint density at radius 3 is 2.62 bits per heavy atom. The summed E-state index contributed by atoms with van der Waals surface area (Å²) < 4.78 is 0. The van der Waals surface area contributed by atoms with Gasteiger partial charge in [-0.25, -0.2) is 0 Å². The summed E-state index contributed by atoms with van der Waals surface area (Å²) in [6.45, 7) is 4.26. The van der Waals surface area contributed by atoms with E-state index < -0.39 is 0 Å². The molecule has 78 valence electrons. The number of aryl methyl sites for hydroxylation is 2. The largest absolute Gasteiger partial charge is 0.255 e. The number of pyridine rings is 1. The average molecular weight is 207 g/mol. The molecule has 3 rings (SSSR count). The predicted molar refractivity (Wildman–Crippen MR) is 68.7 cm³/mol. The molecule has 0 spiro atoms. The van der Waals surface area contributed by atoms with Crippen molar-refractivity contribution >= 4 is 21.7 Å². The fourth-order valence-corrected chi connectivity index (χ4v) is 2.33. The minimum Gasteiger partial charge on any atom is -0.255 e. The summed E-state index contributed by atoms with van der Waals surface area (Å²) in [6.07, 6.45) is 1.96. The highest BCUT2D eigenvalue weighted by Crippen LogP contribution is 2.26. The number of fused-ring (bicyclic) bond motifs is 3. The van der Waals surface area contributed by atoms with Gasteiger partial charge in [0.1, 0.15) is 0 Å². The molecule has 0 aliphatic rings. The van der Waals surface area contributed by atoms with Gasteiger partial charge in [-0.1, -0.05) is 35.9 Å². The number of nitrogens with zero attached hydrogens (tertiary/aromatic N) is 1. The maximum atomic E-state index is 4.55. The fraction of sp³-hybridized carbons (Fsp3) is 0.133. The first-order valence-electron chi connectivity index (χ1n) is 5.50. The zero-order valence-electron chi connectivity index (χ0n) is 9.49. The Morgan fingerprint density at radius 1 is 0.938 bits per heavy atom. The third-order valence-corrected chi connectivity index (χ3v) is 3.03. The molecule has 0 amide bonds. The number of aromatic nitrogens is 1. The second-order valence-corrected chi connectivity index (χ2v) is 4.32. The highest BCUT2D eigenvalue weighted by molar-refractivity contribution is 6.06. The summed E-state index contributed by atoms with van der Waals surface area (Å²) in [6, 6.07) is 12.8. The van der Waals surface area contributed by atoms with E-state index in [2.05, 4.69) is 55.2 Å². The minimum absolute atomic E-state index is 1.12. The second kappa shape index (κ2) is 3.31. The molecule has 1 heterocycles. The van der Waals surface area contributed by atoms with Crippen LogP contribution in [0, 0.1) is 13.8 Å². The summed E-state index contributed by atoms with van der Waals surface area (Å²) in [7, 11) is 0. The Labute approximate surface area is 94.7 Å². The van der Waals surface area contributed by atoms with Crippen LogP contribution in [0.2, 0.25) is 0 Å². The number of hydrogen-bond acceptors (Lipinski definition) is 1. The molecular formula is C15H13N. The Bertz CT molecular complexity index is 683. The molecule has 0 aliphatic heterocycles. The number of benzene rings is 2. The van der Waals surface area contributed by atoms with Crippen LogP contribution >= 0.6 is 0 Å². The van der Waals surface area contributed by atoms with Crippen LogP contribution < -0.4 is 0 Å². The van der Waals surface area contributed by atoms with E-state index in [9.17, 15) is 0 Å². The van der Waals surface area contributed by atoms with Crippen molar-refractivity contribution in [2.75, 3.05) is 0 Å². The molecule has 0 N–H and O–H groups in total. The SMILES string of the molecule is Cc1cc(C)c2ncc3ccccc3c2c1. The molecule has 1 aromatic heterocycles. The van der Waals surface area contributed by atoms with Crippen molar-refractivity contribution in [2.24, 2.45) is 0 Å². The third kappa shape index (κ3) is 1.28. The van der Waals surface area contributed by atoms with Crippen molar-refractivity contribution in [3.8, 4) is 0 Å². The highest BCUT2D eigenvalue weighted by Gasteiger charge is 2.04. The summed E-state index contributed by atoms with van der Waals surface area (Å²) in [5, 5.41) is 3.76. The zero-order valence-corrected chi connectivity index (χ0v) is 9.49.